The van der Waals surface area contributed by atoms with E-state index in [1.54, 1.807) is 23.3 Å². The Morgan fingerprint density at radius 2 is 2.24 bits per heavy atom. The second-order valence-electron chi connectivity index (χ2n) is 3.26. The van der Waals surface area contributed by atoms with Crippen molar-refractivity contribution in [1.82, 2.24) is 14.9 Å². The highest BCUT2D eigenvalue weighted by Crippen LogP contribution is 2.13. The van der Waals surface area contributed by atoms with E-state index in [0.29, 0.717) is 13.1 Å². The van der Waals surface area contributed by atoms with E-state index in [1.165, 1.54) is 0 Å². The minimum absolute atomic E-state index is 0.310. The van der Waals surface area contributed by atoms with Gasteiger partial charge in [-0.3, -0.25) is 4.79 Å². The molecular weight excluding hydrogens is 239 g/mol. The summed E-state index contributed by atoms with van der Waals surface area (Å²) in [5, 5.41) is 2.43. The highest BCUT2D eigenvalue weighted by atomic mass is 19.4. The number of rotatable bonds is 6. The fourth-order valence-corrected chi connectivity index (χ4v) is 1.05. The van der Waals surface area contributed by atoms with Gasteiger partial charge in [0.15, 0.2) is 0 Å². The van der Waals surface area contributed by atoms with Crippen LogP contribution in [0.15, 0.2) is 18.7 Å². The van der Waals surface area contributed by atoms with Crippen LogP contribution >= 0.6 is 0 Å². The molecule has 0 aromatic carbocycles. The highest BCUT2D eigenvalue weighted by Gasteiger charge is 2.27. The van der Waals surface area contributed by atoms with E-state index in [9.17, 15) is 18.0 Å². The van der Waals surface area contributed by atoms with E-state index < -0.39 is 25.3 Å². The lowest BCUT2D eigenvalue weighted by Gasteiger charge is -2.08. The van der Waals surface area contributed by atoms with Crippen LogP contribution in [0.5, 0.6) is 0 Å². The van der Waals surface area contributed by atoms with Crippen molar-refractivity contribution in [3.63, 3.8) is 0 Å². The molecular formula is C9H12F3N3O2. The fraction of sp³-hybridized carbons (Fsp3) is 0.556. The molecule has 1 N–H and O–H groups in total. The molecule has 1 rings (SSSR count). The molecule has 0 saturated carbocycles. The van der Waals surface area contributed by atoms with Crippen molar-refractivity contribution < 1.29 is 22.7 Å². The standard InChI is InChI=1S/C9H12F3N3O2/c10-9(11,12)6-17-5-8(16)14-2-4-15-3-1-13-7-15/h1,3,7H,2,4-6H2,(H,14,16). The third kappa shape index (κ3) is 6.56. The molecule has 0 aliphatic carbocycles. The summed E-state index contributed by atoms with van der Waals surface area (Å²) in [5.74, 6) is -0.575. The first kappa shape index (κ1) is 13.5. The van der Waals surface area contributed by atoms with Gasteiger partial charge in [0.1, 0.15) is 13.2 Å². The lowest BCUT2D eigenvalue weighted by Crippen LogP contribution is -2.31. The van der Waals surface area contributed by atoms with Crippen LogP contribution in [0.25, 0.3) is 0 Å². The summed E-state index contributed by atoms with van der Waals surface area (Å²) >= 11 is 0. The van der Waals surface area contributed by atoms with Crippen LogP contribution in [0, 0.1) is 0 Å². The number of imidazole rings is 1. The minimum atomic E-state index is -4.41. The van der Waals surface area contributed by atoms with Gasteiger partial charge >= 0.3 is 6.18 Å². The van der Waals surface area contributed by atoms with Gasteiger partial charge in [-0.05, 0) is 0 Å². The summed E-state index contributed by atoms with van der Waals surface area (Å²) in [4.78, 5) is 14.8. The Morgan fingerprint density at radius 1 is 1.47 bits per heavy atom. The first-order chi connectivity index (χ1) is 7.97. The molecule has 0 aliphatic heterocycles. The van der Waals surface area contributed by atoms with E-state index in [-0.39, 0.29) is 0 Å². The zero-order valence-corrected chi connectivity index (χ0v) is 8.91. The average Bonchev–Trinajstić information content (AvgIpc) is 2.68. The number of aromatic nitrogens is 2. The number of carbonyl (C=O) groups excluding carboxylic acids is 1. The van der Waals surface area contributed by atoms with Crippen LogP contribution in [0.4, 0.5) is 13.2 Å². The van der Waals surface area contributed by atoms with Gasteiger partial charge < -0.3 is 14.6 Å². The zero-order chi connectivity index (χ0) is 12.7. The third-order valence-electron chi connectivity index (χ3n) is 1.75. The molecule has 96 valence electrons. The molecule has 0 atom stereocenters. The number of carbonyl (C=O) groups is 1. The number of hydrogen-bond donors (Lipinski definition) is 1. The first-order valence-corrected chi connectivity index (χ1v) is 4.84. The van der Waals surface area contributed by atoms with Gasteiger partial charge in [0.05, 0.1) is 6.33 Å². The van der Waals surface area contributed by atoms with Crippen LogP contribution in [-0.2, 0) is 16.1 Å². The molecule has 0 spiro atoms. The maximum atomic E-state index is 11.7. The summed E-state index contributed by atoms with van der Waals surface area (Å²) in [6.45, 7) is -1.19. The maximum Gasteiger partial charge on any atom is 0.411 e. The van der Waals surface area contributed by atoms with E-state index in [0.717, 1.165) is 0 Å². The van der Waals surface area contributed by atoms with Crippen LogP contribution in [0.1, 0.15) is 0 Å². The molecule has 0 bridgehead atoms. The molecule has 0 unspecified atom stereocenters. The second-order valence-corrected chi connectivity index (χ2v) is 3.26. The quantitative estimate of drug-likeness (QED) is 0.804. The number of halogens is 3. The van der Waals surface area contributed by atoms with Gasteiger partial charge in [-0.25, -0.2) is 4.98 Å². The van der Waals surface area contributed by atoms with Gasteiger partial charge in [-0.1, -0.05) is 0 Å². The predicted molar refractivity (Wildman–Crippen MR) is 52.1 cm³/mol. The molecule has 0 radical (unpaired) electrons. The summed E-state index contributed by atoms with van der Waals surface area (Å²) < 4.78 is 41.0. The molecule has 1 aromatic heterocycles. The molecule has 1 aromatic rings. The number of alkyl halides is 3. The number of ether oxygens (including phenoxy) is 1. The second kappa shape index (κ2) is 6.24. The first-order valence-electron chi connectivity index (χ1n) is 4.84. The van der Waals surface area contributed by atoms with Crippen LogP contribution in [0.2, 0.25) is 0 Å². The van der Waals surface area contributed by atoms with Crippen molar-refractivity contribution in [2.45, 2.75) is 12.7 Å². The SMILES string of the molecule is O=C(COCC(F)(F)F)NCCn1ccnc1. The third-order valence-corrected chi connectivity index (χ3v) is 1.75. The van der Waals surface area contributed by atoms with Crippen molar-refractivity contribution in [3.05, 3.63) is 18.7 Å². The Bertz CT molecular complexity index is 338. The largest absolute Gasteiger partial charge is 0.411 e. The molecule has 1 heterocycles. The number of nitrogens with one attached hydrogen (secondary N) is 1. The zero-order valence-electron chi connectivity index (χ0n) is 8.91. The summed E-state index contributed by atoms with van der Waals surface area (Å²) in [6.07, 6.45) is 0.476. The summed E-state index contributed by atoms with van der Waals surface area (Å²) in [6, 6.07) is 0. The molecule has 0 saturated heterocycles. The molecule has 8 heteroatoms. The van der Waals surface area contributed by atoms with E-state index in [2.05, 4.69) is 15.0 Å². The van der Waals surface area contributed by atoms with Gasteiger partial charge in [0.2, 0.25) is 5.91 Å². The smallest absolute Gasteiger partial charge is 0.362 e. The Labute approximate surface area is 95.6 Å². The predicted octanol–water partition coefficient (Wildman–Crippen LogP) is 0.578. The molecule has 5 nitrogen and oxygen atoms in total. The van der Waals surface area contributed by atoms with Gasteiger partial charge in [0, 0.05) is 25.5 Å². The van der Waals surface area contributed by atoms with E-state index >= 15 is 0 Å². The maximum absolute atomic E-state index is 11.7. The summed E-state index contributed by atoms with van der Waals surface area (Å²) in [5.41, 5.74) is 0. The van der Waals surface area contributed by atoms with Gasteiger partial charge in [-0.2, -0.15) is 13.2 Å². The molecule has 1 amide bonds. The summed E-state index contributed by atoms with van der Waals surface area (Å²) in [7, 11) is 0. The van der Waals surface area contributed by atoms with Crippen molar-refractivity contribution in [3.8, 4) is 0 Å². The van der Waals surface area contributed by atoms with Gasteiger partial charge in [-0.15, -0.1) is 0 Å². The van der Waals surface area contributed by atoms with Crippen molar-refractivity contribution in [2.75, 3.05) is 19.8 Å². The van der Waals surface area contributed by atoms with E-state index in [4.69, 9.17) is 0 Å². The van der Waals surface area contributed by atoms with Crippen molar-refractivity contribution >= 4 is 5.91 Å². The number of amides is 1. The lowest BCUT2D eigenvalue weighted by atomic mass is 10.5. The minimum Gasteiger partial charge on any atom is -0.362 e. The Hall–Kier alpha value is -1.57. The Balaban J connectivity index is 2.05. The lowest BCUT2D eigenvalue weighted by molar-refractivity contribution is -0.175. The Kier molecular flexibility index (Phi) is 4.95. The Morgan fingerprint density at radius 3 is 2.82 bits per heavy atom. The van der Waals surface area contributed by atoms with Crippen molar-refractivity contribution in [1.29, 1.82) is 0 Å². The number of hydrogen-bond acceptors (Lipinski definition) is 3. The van der Waals surface area contributed by atoms with Crippen LogP contribution in [0.3, 0.4) is 0 Å². The van der Waals surface area contributed by atoms with Crippen LogP contribution < -0.4 is 5.32 Å². The topological polar surface area (TPSA) is 56.1 Å². The average molecular weight is 251 g/mol. The molecule has 17 heavy (non-hydrogen) atoms. The fourth-order valence-electron chi connectivity index (χ4n) is 1.05. The molecule has 0 aliphatic rings. The van der Waals surface area contributed by atoms with Crippen molar-refractivity contribution in [2.24, 2.45) is 0 Å². The van der Waals surface area contributed by atoms with Gasteiger partial charge in [0.25, 0.3) is 0 Å². The molecule has 0 fully saturated rings. The monoisotopic (exact) mass is 251 g/mol. The normalized spacial score (nSPS) is 11.5. The highest BCUT2D eigenvalue weighted by molar-refractivity contribution is 5.77. The van der Waals surface area contributed by atoms with Crippen LogP contribution in [-0.4, -0.2) is 41.4 Å². The van der Waals surface area contributed by atoms with E-state index in [1.807, 2.05) is 0 Å². The number of nitrogens with zero attached hydrogens (tertiary/aromatic N) is 2.